The van der Waals surface area contributed by atoms with Crippen molar-refractivity contribution in [3.05, 3.63) is 11.1 Å². The van der Waals surface area contributed by atoms with Crippen molar-refractivity contribution in [3.63, 3.8) is 0 Å². The summed E-state index contributed by atoms with van der Waals surface area (Å²) in [6.45, 7) is 17.4. The minimum absolute atomic E-state index is 0.0661. The Morgan fingerprint density at radius 1 is 0.968 bits per heavy atom. The Labute approximate surface area is 193 Å². The van der Waals surface area contributed by atoms with Crippen LogP contribution < -0.4 is 0 Å². The largest absolute Gasteiger partial charge is 0.393 e. The third-order valence-corrected chi connectivity index (χ3v) is 11.7. The quantitative estimate of drug-likeness (QED) is 0.421. The summed E-state index contributed by atoms with van der Waals surface area (Å²) in [7, 11) is 0. The van der Waals surface area contributed by atoms with E-state index in [4.69, 9.17) is 0 Å². The van der Waals surface area contributed by atoms with Crippen molar-refractivity contribution >= 4 is 0 Å². The molecule has 1 N–H and O–H groups in total. The van der Waals surface area contributed by atoms with E-state index in [2.05, 4.69) is 48.5 Å². The van der Waals surface area contributed by atoms with Gasteiger partial charge in [0.05, 0.1) is 6.10 Å². The van der Waals surface area contributed by atoms with E-state index in [1.54, 1.807) is 0 Å². The molecule has 2 fully saturated rings. The number of aliphatic hydroxyl groups excluding tert-OH is 1. The predicted octanol–water partition coefficient (Wildman–Crippen LogP) is 8.41. The summed E-state index contributed by atoms with van der Waals surface area (Å²) >= 11 is 0. The van der Waals surface area contributed by atoms with Gasteiger partial charge in [-0.3, -0.25) is 0 Å². The Bertz CT molecular complexity index is 676. The Kier molecular flexibility index (Phi) is 6.78. The van der Waals surface area contributed by atoms with E-state index in [0.29, 0.717) is 22.7 Å². The van der Waals surface area contributed by atoms with Gasteiger partial charge in [0, 0.05) is 0 Å². The van der Waals surface area contributed by atoms with Crippen LogP contribution in [0.25, 0.3) is 0 Å². The van der Waals surface area contributed by atoms with Gasteiger partial charge >= 0.3 is 0 Å². The van der Waals surface area contributed by atoms with Crippen LogP contribution in [0.5, 0.6) is 0 Å². The Morgan fingerprint density at radius 2 is 1.71 bits per heavy atom. The molecule has 4 unspecified atom stereocenters. The van der Waals surface area contributed by atoms with Crippen molar-refractivity contribution in [1.29, 1.82) is 0 Å². The standard InChI is InChI=1S/C30H52O/c1-8-22(19(2)3)10-9-20(4)24-13-14-26-23-11-12-25-21(5)28(31)16-18-30(25,7)27(23)15-17-29(24,26)6/h19-22,24-26,28,31H,8-18H2,1-7H3/t20-,21+,22?,24?,25?,26?,28+,29-,30+/m1/s1. The lowest BCUT2D eigenvalue weighted by Crippen LogP contribution is -2.49. The summed E-state index contributed by atoms with van der Waals surface area (Å²) in [6.07, 6.45) is 14.7. The van der Waals surface area contributed by atoms with Crippen molar-refractivity contribution in [2.24, 2.45) is 52.3 Å². The first-order valence-electron chi connectivity index (χ1n) is 14.0. The van der Waals surface area contributed by atoms with Crippen LogP contribution in [0.3, 0.4) is 0 Å². The van der Waals surface area contributed by atoms with Crippen molar-refractivity contribution in [3.8, 4) is 0 Å². The lowest BCUT2D eigenvalue weighted by molar-refractivity contribution is -0.0336. The van der Waals surface area contributed by atoms with Crippen LogP contribution in [0.1, 0.15) is 119 Å². The van der Waals surface area contributed by atoms with Gasteiger partial charge in [-0.1, -0.05) is 72.5 Å². The summed E-state index contributed by atoms with van der Waals surface area (Å²) in [5.74, 6) is 5.58. The molecule has 0 saturated heterocycles. The zero-order chi connectivity index (χ0) is 22.6. The molecule has 31 heavy (non-hydrogen) atoms. The second kappa shape index (κ2) is 8.81. The second-order valence-electron chi connectivity index (χ2n) is 13.2. The lowest BCUT2D eigenvalue weighted by atomic mass is 9.49. The van der Waals surface area contributed by atoms with E-state index in [-0.39, 0.29) is 6.10 Å². The molecule has 9 atom stereocenters. The van der Waals surface area contributed by atoms with E-state index in [1.165, 1.54) is 64.2 Å². The second-order valence-corrected chi connectivity index (χ2v) is 13.2. The molecule has 0 aromatic heterocycles. The number of fused-ring (bicyclic) bond motifs is 4. The molecule has 0 radical (unpaired) electrons. The molecule has 0 aromatic carbocycles. The number of hydrogen-bond donors (Lipinski definition) is 1. The molecule has 0 aromatic rings. The zero-order valence-electron chi connectivity index (χ0n) is 21.8. The zero-order valence-corrected chi connectivity index (χ0v) is 21.8. The molecule has 1 nitrogen and oxygen atoms in total. The van der Waals surface area contributed by atoms with E-state index < -0.39 is 0 Å². The van der Waals surface area contributed by atoms with Gasteiger partial charge in [0.15, 0.2) is 0 Å². The highest BCUT2D eigenvalue weighted by Gasteiger charge is 2.56. The van der Waals surface area contributed by atoms with Crippen LogP contribution >= 0.6 is 0 Å². The minimum Gasteiger partial charge on any atom is -0.393 e. The number of allylic oxidation sites excluding steroid dienone is 2. The molecule has 4 aliphatic carbocycles. The monoisotopic (exact) mass is 428 g/mol. The maximum Gasteiger partial charge on any atom is 0.0569 e. The first kappa shape index (κ1) is 23.8. The fourth-order valence-corrected chi connectivity index (χ4v) is 9.57. The van der Waals surface area contributed by atoms with Gasteiger partial charge in [0.1, 0.15) is 0 Å². The van der Waals surface area contributed by atoms with Crippen molar-refractivity contribution in [2.75, 3.05) is 0 Å². The van der Waals surface area contributed by atoms with E-state index in [0.717, 1.165) is 36.0 Å². The predicted molar refractivity (Wildman–Crippen MR) is 133 cm³/mol. The summed E-state index contributed by atoms with van der Waals surface area (Å²) in [4.78, 5) is 0. The van der Waals surface area contributed by atoms with Crippen LogP contribution in [0.4, 0.5) is 0 Å². The minimum atomic E-state index is -0.0661. The van der Waals surface area contributed by atoms with Crippen molar-refractivity contribution < 1.29 is 5.11 Å². The smallest absolute Gasteiger partial charge is 0.0569 e. The maximum absolute atomic E-state index is 10.5. The third-order valence-electron chi connectivity index (χ3n) is 11.7. The first-order valence-corrected chi connectivity index (χ1v) is 14.0. The summed E-state index contributed by atoms with van der Waals surface area (Å²) in [6, 6.07) is 0. The van der Waals surface area contributed by atoms with Crippen LogP contribution in [0.15, 0.2) is 11.1 Å². The molecule has 0 bridgehead atoms. The molecule has 178 valence electrons. The van der Waals surface area contributed by atoms with Gasteiger partial charge in [0.2, 0.25) is 0 Å². The number of aliphatic hydroxyl groups is 1. The highest BCUT2D eigenvalue weighted by Crippen LogP contribution is 2.66. The van der Waals surface area contributed by atoms with Crippen LogP contribution in [-0.2, 0) is 0 Å². The third kappa shape index (κ3) is 3.87. The summed E-state index contributed by atoms with van der Waals surface area (Å²) in [5.41, 5.74) is 4.72. The molecule has 0 aliphatic heterocycles. The van der Waals surface area contributed by atoms with Gasteiger partial charge < -0.3 is 5.11 Å². The molecule has 4 rings (SSSR count). The summed E-state index contributed by atoms with van der Waals surface area (Å²) in [5, 5.41) is 10.5. The topological polar surface area (TPSA) is 20.2 Å². The van der Waals surface area contributed by atoms with E-state index >= 15 is 0 Å². The molecular formula is C30H52O. The molecule has 1 heteroatoms. The normalized spacial score (nSPS) is 44.6. The van der Waals surface area contributed by atoms with Crippen LogP contribution in [0.2, 0.25) is 0 Å². The van der Waals surface area contributed by atoms with Crippen LogP contribution in [0, 0.1) is 52.3 Å². The molecule has 0 spiro atoms. The van der Waals surface area contributed by atoms with Gasteiger partial charge in [0.25, 0.3) is 0 Å². The highest BCUT2D eigenvalue weighted by atomic mass is 16.3. The van der Waals surface area contributed by atoms with E-state index in [9.17, 15) is 5.11 Å². The molecule has 2 saturated carbocycles. The maximum atomic E-state index is 10.5. The molecule has 4 aliphatic rings. The first-order chi connectivity index (χ1) is 14.6. The highest BCUT2D eigenvalue weighted by molar-refractivity contribution is 5.34. The lowest BCUT2D eigenvalue weighted by Gasteiger charge is -2.56. The van der Waals surface area contributed by atoms with Crippen molar-refractivity contribution in [2.45, 2.75) is 125 Å². The average Bonchev–Trinajstić information content (AvgIpc) is 3.08. The average molecular weight is 429 g/mol. The molecular weight excluding hydrogens is 376 g/mol. The number of hydrogen-bond acceptors (Lipinski definition) is 1. The van der Waals surface area contributed by atoms with Gasteiger partial charge in [-0.2, -0.15) is 0 Å². The fourth-order valence-electron chi connectivity index (χ4n) is 9.57. The Morgan fingerprint density at radius 3 is 2.39 bits per heavy atom. The van der Waals surface area contributed by atoms with E-state index in [1.807, 2.05) is 11.1 Å². The van der Waals surface area contributed by atoms with Gasteiger partial charge in [-0.25, -0.2) is 0 Å². The SMILES string of the molecule is CCC(CC[C@@H](C)C1CCC2C3=C(CC[C@@]21C)[C@@]1(C)CC[C@H](O)[C@@H](C)C1CC3)C(C)C. The molecule has 0 heterocycles. The fraction of sp³-hybridized carbons (Fsp3) is 0.933. The van der Waals surface area contributed by atoms with Gasteiger partial charge in [-0.05, 0) is 110 Å². The Balaban J connectivity index is 1.52. The molecule has 0 amide bonds. The van der Waals surface area contributed by atoms with Crippen LogP contribution in [-0.4, -0.2) is 11.2 Å². The number of rotatable bonds is 6. The van der Waals surface area contributed by atoms with Crippen molar-refractivity contribution in [1.82, 2.24) is 0 Å². The summed E-state index contributed by atoms with van der Waals surface area (Å²) < 4.78 is 0. The van der Waals surface area contributed by atoms with Gasteiger partial charge in [-0.15, -0.1) is 0 Å². The Hall–Kier alpha value is -0.300.